The highest BCUT2D eigenvalue weighted by atomic mass is 16.1. The van der Waals surface area contributed by atoms with E-state index in [1.165, 1.54) is 32.1 Å². The van der Waals surface area contributed by atoms with E-state index in [0.717, 1.165) is 55.9 Å². The van der Waals surface area contributed by atoms with Crippen LogP contribution in [-0.2, 0) is 11.3 Å². The Morgan fingerprint density at radius 2 is 1.88 bits per heavy atom. The number of benzene rings is 1. The van der Waals surface area contributed by atoms with Gasteiger partial charge in [-0.15, -0.1) is 0 Å². The Labute approximate surface area is 155 Å². The molecule has 1 aliphatic heterocycles. The first-order valence-electron chi connectivity index (χ1n) is 10.2. The van der Waals surface area contributed by atoms with Crippen LogP contribution in [0.15, 0.2) is 24.3 Å². The first kappa shape index (κ1) is 17.5. The predicted molar refractivity (Wildman–Crippen MR) is 104 cm³/mol. The zero-order valence-electron chi connectivity index (χ0n) is 15.5. The van der Waals surface area contributed by atoms with Crippen LogP contribution in [-0.4, -0.2) is 40.4 Å². The van der Waals surface area contributed by atoms with Gasteiger partial charge in [-0.1, -0.05) is 31.4 Å². The van der Waals surface area contributed by atoms with Crippen molar-refractivity contribution in [2.24, 2.45) is 11.8 Å². The number of aromatic nitrogens is 2. The van der Waals surface area contributed by atoms with Gasteiger partial charge >= 0.3 is 0 Å². The van der Waals surface area contributed by atoms with Gasteiger partial charge in [-0.05, 0) is 56.8 Å². The van der Waals surface area contributed by atoms with Crippen LogP contribution in [0.5, 0.6) is 0 Å². The molecule has 2 aromatic rings. The van der Waals surface area contributed by atoms with Crippen LogP contribution in [0, 0.1) is 11.8 Å². The fourth-order valence-electron chi connectivity index (χ4n) is 4.43. The molecule has 1 aliphatic carbocycles. The molecule has 1 amide bonds. The molecule has 1 aromatic carbocycles. The second-order valence-electron chi connectivity index (χ2n) is 8.00. The minimum atomic E-state index is 0.186. The van der Waals surface area contributed by atoms with Crippen molar-refractivity contribution in [3.8, 4) is 0 Å². The maximum atomic E-state index is 12.5. The van der Waals surface area contributed by atoms with Crippen LogP contribution in [0.25, 0.3) is 11.0 Å². The Morgan fingerprint density at radius 1 is 1.12 bits per heavy atom. The highest BCUT2D eigenvalue weighted by molar-refractivity contribution is 5.78. The number of nitrogens with zero attached hydrogens (tertiary/aromatic N) is 2. The van der Waals surface area contributed by atoms with Crippen LogP contribution in [0.3, 0.4) is 0 Å². The second-order valence-corrected chi connectivity index (χ2v) is 8.00. The summed E-state index contributed by atoms with van der Waals surface area (Å²) in [5.41, 5.74) is 2.12. The summed E-state index contributed by atoms with van der Waals surface area (Å²) >= 11 is 0. The summed E-state index contributed by atoms with van der Waals surface area (Å²) in [6.45, 7) is 3.67. The molecular weight excluding hydrogens is 324 g/mol. The van der Waals surface area contributed by atoms with Crippen molar-refractivity contribution in [1.82, 2.24) is 20.2 Å². The number of H-pyrrole nitrogens is 1. The van der Waals surface area contributed by atoms with E-state index in [1.807, 2.05) is 18.2 Å². The summed E-state index contributed by atoms with van der Waals surface area (Å²) in [5, 5.41) is 3.23. The van der Waals surface area contributed by atoms with Gasteiger partial charge in [0.05, 0.1) is 17.6 Å². The number of para-hydroxylation sites is 2. The molecule has 1 saturated carbocycles. The van der Waals surface area contributed by atoms with Crippen molar-refractivity contribution in [2.45, 2.75) is 51.5 Å². The number of nitrogens with one attached hydrogen (secondary N) is 2. The molecule has 140 valence electrons. The Balaban J connectivity index is 1.22. The number of piperidine rings is 1. The third-order valence-electron chi connectivity index (χ3n) is 6.06. The third-order valence-corrected chi connectivity index (χ3v) is 6.06. The average Bonchev–Trinajstić information content (AvgIpc) is 3.10. The van der Waals surface area contributed by atoms with Gasteiger partial charge < -0.3 is 10.3 Å². The Morgan fingerprint density at radius 3 is 2.65 bits per heavy atom. The van der Waals surface area contributed by atoms with E-state index >= 15 is 0 Å². The number of fused-ring (bicyclic) bond motifs is 1. The monoisotopic (exact) mass is 354 g/mol. The molecule has 0 radical (unpaired) electrons. The van der Waals surface area contributed by atoms with Gasteiger partial charge in [-0.2, -0.15) is 0 Å². The summed E-state index contributed by atoms with van der Waals surface area (Å²) in [7, 11) is 0. The highest BCUT2D eigenvalue weighted by Gasteiger charge is 2.26. The molecule has 2 aliphatic rings. The van der Waals surface area contributed by atoms with E-state index in [9.17, 15) is 4.79 Å². The van der Waals surface area contributed by atoms with Gasteiger partial charge in [0.15, 0.2) is 0 Å². The Hall–Kier alpha value is -1.88. The topological polar surface area (TPSA) is 61.0 Å². The highest BCUT2D eigenvalue weighted by Crippen LogP contribution is 2.24. The molecule has 0 bridgehead atoms. The average molecular weight is 354 g/mol. The van der Waals surface area contributed by atoms with Crippen molar-refractivity contribution in [1.29, 1.82) is 0 Å². The van der Waals surface area contributed by atoms with Crippen LogP contribution in [0.4, 0.5) is 0 Å². The van der Waals surface area contributed by atoms with Gasteiger partial charge in [0.2, 0.25) is 5.91 Å². The summed E-state index contributed by atoms with van der Waals surface area (Å²) in [5.74, 6) is 2.19. The molecule has 26 heavy (non-hydrogen) atoms. The van der Waals surface area contributed by atoms with Crippen molar-refractivity contribution >= 4 is 16.9 Å². The van der Waals surface area contributed by atoms with Gasteiger partial charge in [-0.25, -0.2) is 4.98 Å². The summed E-state index contributed by atoms with van der Waals surface area (Å²) < 4.78 is 0. The number of hydrogen-bond donors (Lipinski definition) is 2. The molecule has 4 rings (SSSR count). The van der Waals surface area contributed by atoms with Crippen LogP contribution < -0.4 is 5.32 Å². The SMILES string of the molecule is O=C(NCC1CCCCC1)C1CCN(Cc2nc3ccccc3[nH]2)CC1. The lowest BCUT2D eigenvalue weighted by atomic mass is 9.89. The molecule has 5 heteroatoms. The van der Waals surface area contributed by atoms with E-state index < -0.39 is 0 Å². The molecule has 0 unspecified atom stereocenters. The van der Waals surface area contributed by atoms with Crippen LogP contribution in [0.2, 0.25) is 0 Å². The number of rotatable bonds is 5. The fourth-order valence-corrected chi connectivity index (χ4v) is 4.43. The van der Waals surface area contributed by atoms with Gasteiger partial charge in [-0.3, -0.25) is 9.69 Å². The number of hydrogen-bond acceptors (Lipinski definition) is 3. The lowest BCUT2D eigenvalue weighted by molar-refractivity contribution is -0.126. The first-order chi connectivity index (χ1) is 12.8. The van der Waals surface area contributed by atoms with E-state index in [0.29, 0.717) is 5.92 Å². The maximum absolute atomic E-state index is 12.5. The summed E-state index contributed by atoms with van der Waals surface area (Å²) in [4.78, 5) is 22.9. The van der Waals surface area contributed by atoms with E-state index in [4.69, 9.17) is 0 Å². The number of amides is 1. The molecule has 1 aromatic heterocycles. The smallest absolute Gasteiger partial charge is 0.223 e. The van der Waals surface area contributed by atoms with E-state index in [2.05, 4.69) is 26.3 Å². The standard InChI is InChI=1S/C21H30N4O/c26-21(22-14-16-6-2-1-3-7-16)17-10-12-25(13-11-17)15-20-23-18-8-4-5-9-19(18)24-20/h4-5,8-9,16-17H,1-3,6-7,10-15H2,(H,22,26)(H,23,24). The number of carbonyl (C=O) groups excluding carboxylic acids is 1. The first-order valence-corrected chi connectivity index (χ1v) is 10.2. The zero-order valence-corrected chi connectivity index (χ0v) is 15.5. The Kier molecular flexibility index (Phi) is 5.54. The van der Waals surface area contributed by atoms with Crippen molar-refractivity contribution in [3.63, 3.8) is 0 Å². The van der Waals surface area contributed by atoms with Gasteiger partial charge in [0.1, 0.15) is 5.82 Å². The number of likely N-dealkylation sites (tertiary alicyclic amines) is 1. The quantitative estimate of drug-likeness (QED) is 0.864. The minimum Gasteiger partial charge on any atom is -0.356 e. The minimum absolute atomic E-state index is 0.186. The lowest BCUT2D eigenvalue weighted by Crippen LogP contribution is -2.41. The molecule has 2 N–H and O–H groups in total. The van der Waals surface area contributed by atoms with Crippen molar-refractivity contribution < 1.29 is 4.79 Å². The number of imidazole rings is 1. The Bertz CT molecular complexity index is 693. The maximum Gasteiger partial charge on any atom is 0.223 e. The van der Waals surface area contributed by atoms with Crippen LogP contribution >= 0.6 is 0 Å². The van der Waals surface area contributed by atoms with Gasteiger partial charge in [0.25, 0.3) is 0 Å². The predicted octanol–water partition coefficient (Wildman–Crippen LogP) is 3.47. The normalized spacial score (nSPS) is 20.5. The molecule has 2 fully saturated rings. The van der Waals surface area contributed by atoms with Gasteiger partial charge in [0, 0.05) is 12.5 Å². The van der Waals surface area contributed by atoms with E-state index in [1.54, 1.807) is 0 Å². The van der Waals surface area contributed by atoms with Crippen LogP contribution in [0.1, 0.15) is 50.8 Å². The molecule has 1 saturated heterocycles. The zero-order chi connectivity index (χ0) is 17.8. The summed E-state index contributed by atoms with van der Waals surface area (Å²) in [6.07, 6.45) is 8.52. The molecule has 0 spiro atoms. The molecule has 5 nitrogen and oxygen atoms in total. The van der Waals surface area contributed by atoms with E-state index in [-0.39, 0.29) is 11.8 Å². The number of carbonyl (C=O) groups is 1. The molecular formula is C21H30N4O. The molecule has 2 heterocycles. The van der Waals surface area contributed by atoms with Crippen molar-refractivity contribution in [3.05, 3.63) is 30.1 Å². The molecule has 0 atom stereocenters. The number of aromatic amines is 1. The second kappa shape index (κ2) is 8.21. The lowest BCUT2D eigenvalue weighted by Gasteiger charge is -2.31. The van der Waals surface area contributed by atoms with Crippen molar-refractivity contribution in [2.75, 3.05) is 19.6 Å². The largest absolute Gasteiger partial charge is 0.356 e. The fraction of sp³-hybridized carbons (Fsp3) is 0.619. The summed E-state index contributed by atoms with van der Waals surface area (Å²) in [6, 6.07) is 8.15. The third kappa shape index (κ3) is 4.26.